The number of hydrogen-bond donors (Lipinski definition) is 0. The van der Waals surface area contributed by atoms with Crippen LogP contribution in [-0.4, -0.2) is 67.3 Å². The molecule has 0 heterocycles. The van der Waals surface area contributed by atoms with Crippen LogP contribution in [0, 0.1) is 0 Å². The number of halogens is 1. The van der Waals surface area contributed by atoms with Crippen molar-refractivity contribution in [3.63, 3.8) is 0 Å². The number of aliphatic carboxylic acids is 1. The average Bonchev–Trinajstić information content (AvgIpc) is 2.96. The summed E-state index contributed by atoms with van der Waals surface area (Å²) in [6.07, 6.45) is 22.1. The Kier molecular flexibility index (Phi) is 39.2. The second kappa shape index (κ2) is 33.9. The molecule has 0 aromatic carbocycles. The number of carbonyl (C=O) groups excluding carboxylic acids is 1. The van der Waals surface area contributed by atoms with Gasteiger partial charge in [-0.05, 0) is 63.9 Å². The highest BCUT2D eigenvalue weighted by atomic mass is 35.5. The van der Waals surface area contributed by atoms with Crippen molar-refractivity contribution in [1.82, 2.24) is 0 Å². The molecule has 0 unspecified atom stereocenters. The lowest BCUT2D eigenvalue weighted by molar-refractivity contribution is -0.929. The second-order valence-corrected chi connectivity index (χ2v) is 12.4. The number of carbonyl (C=O) groups is 1. The van der Waals surface area contributed by atoms with Crippen LogP contribution >= 0.6 is 0 Å². The van der Waals surface area contributed by atoms with Gasteiger partial charge in [0.15, 0.2) is 0 Å². The summed E-state index contributed by atoms with van der Waals surface area (Å²) in [7, 11) is 0. The Labute approximate surface area is 266 Å². The molecule has 5 heteroatoms. The Morgan fingerprint density at radius 2 is 0.585 bits per heavy atom. The third kappa shape index (κ3) is 29.3. The average molecular weight is 605 g/mol. The Morgan fingerprint density at radius 3 is 0.659 bits per heavy atom. The molecule has 0 aliphatic carbocycles. The van der Waals surface area contributed by atoms with Crippen molar-refractivity contribution in [3.05, 3.63) is 12.2 Å². The van der Waals surface area contributed by atoms with E-state index in [1.807, 2.05) is 0 Å². The van der Waals surface area contributed by atoms with Gasteiger partial charge >= 0.3 is 0 Å². The van der Waals surface area contributed by atoms with Crippen LogP contribution in [0.3, 0.4) is 0 Å². The first-order valence-electron chi connectivity index (χ1n) is 17.7. The second-order valence-electron chi connectivity index (χ2n) is 12.4. The molecule has 0 saturated heterocycles. The van der Waals surface area contributed by atoms with Crippen molar-refractivity contribution in [3.8, 4) is 0 Å². The van der Waals surface area contributed by atoms with Crippen LogP contribution in [0.1, 0.15) is 165 Å². The van der Waals surface area contributed by atoms with Gasteiger partial charge in [-0.1, -0.05) is 113 Å². The van der Waals surface area contributed by atoms with E-state index >= 15 is 0 Å². The van der Waals surface area contributed by atoms with Gasteiger partial charge in [0.1, 0.15) is 0 Å². The third-order valence-corrected chi connectivity index (χ3v) is 8.24. The number of quaternary nitrogens is 2. The molecule has 0 amide bonds. The maximum absolute atomic E-state index is 9.49. The van der Waals surface area contributed by atoms with E-state index in [1.54, 1.807) is 0 Å². The van der Waals surface area contributed by atoms with Crippen LogP contribution in [0.4, 0.5) is 0 Å². The summed E-state index contributed by atoms with van der Waals surface area (Å²) in [5.74, 6) is -1.19. The number of rotatable bonds is 25. The number of carboxylic acids is 1. The van der Waals surface area contributed by atoms with Gasteiger partial charge < -0.3 is 31.3 Å². The fourth-order valence-corrected chi connectivity index (χ4v) is 5.29. The molecular formula is C36H77ClN2O2. The lowest BCUT2D eigenvalue weighted by atomic mass is 10.1. The molecule has 0 saturated carbocycles. The normalized spacial score (nSPS) is 11.0. The zero-order valence-electron chi connectivity index (χ0n) is 29.8. The topological polar surface area (TPSA) is 40.1 Å². The minimum absolute atomic E-state index is 0. The number of unbranched alkanes of at least 4 members (excludes halogenated alkanes) is 8. The maximum atomic E-state index is 9.49. The molecule has 0 aliphatic rings. The Bertz CT molecular complexity index is 431. The van der Waals surface area contributed by atoms with E-state index < -0.39 is 5.97 Å². The molecule has 4 nitrogen and oxygen atoms in total. The van der Waals surface area contributed by atoms with Crippen molar-refractivity contribution < 1.29 is 31.3 Å². The van der Waals surface area contributed by atoms with Crippen LogP contribution in [0.25, 0.3) is 0 Å². The molecule has 0 aromatic heterocycles. The van der Waals surface area contributed by atoms with E-state index in [0.717, 1.165) is 0 Å². The molecule has 0 bridgehead atoms. The van der Waals surface area contributed by atoms with Crippen LogP contribution in [0.2, 0.25) is 0 Å². The predicted molar refractivity (Wildman–Crippen MR) is 179 cm³/mol. The molecule has 41 heavy (non-hydrogen) atoms. The van der Waals surface area contributed by atoms with E-state index in [0.29, 0.717) is 0 Å². The van der Waals surface area contributed by atoms with Crippen molar-refractivity contribution in [2.45, 2.75) is 165 Å². The van der Waals surface area contributed by atoms with Crippen LogP contribution in [0.15, 0.2) is 12.2 Å². The molecule has 250 valence electrons. The van der Waals surface area contributed by atoms with E-state index in [9.17, 15) is 9.90 Å². The highest BCUT2D eigenvalue weighted by Gasteiger charge is 2.25. The Hall–Kier alpha value is -0.580. The fourth-order valence-electron chi connectivity index (χ4n) is 5.29. The molecule has 0 aromatic rings. The minimum atomic E-state index is -1.19. The Balaban J connectivity index is -0.000000273. The smallest absolute Gasteiger partial charge is 0.0786 e. The number of nitrogens with zero attached hydrogens (tertiary/aromatic N) is 2. The van der Waals surface area contributed by atoms with Crippen molar-refractivity contribution in [2.75, 3.05) is 52.4 Å². The first-order chi connectivity index (χ1) is 19.1. The maximum Gasteiger partial charge on any atom is 0.0786 e. The van der Waals surface area contributed by atoms with Gasteiger partial charge in [0.05, 0.1) is 58.3 Å². The van der Waals surface area contributed by atoms with Gasteiger partial charge in [0.2, 0.25) is 0 Å². The van der Waals surface area contributed by atoms with Gasteiger partial charge in [-0.3, -0.25) is 0 Å². The Morgan fingerprint density at radius 1 is 0.463 bits per heavy atom. The molecular weight excluding hydrogens is 528 g/mol. The summed E-state index contributed by atoms with van der Waals surface area (Å²) in [6, 6.07) is 0. The summed E-state index contributed by atoms with van der Waals surface area (Å²) in [5.41, 5.74) is 0.0648. The molecule has 0 rings (SSSR count). The van der Waals surface area contributed by atoms with E-state index in [1.165, 1.54) is 171 Å². The minimum Gasteiger partial charge on any atom is -1.00 e. The van der Waals surface area contributed by atoms with Gasteiger partial charge in [-0.25, -0.2) is 0 Å². The summed E-state index contributed by atoms with van der Waals surface area (Å²) in [6.45, 7) is 34.5. The highest BCUT2D eigenvalue weighted by Crippen LogP contribution is 2.17. The van der Waals surface area contributed by atoms with Gasteiger partial charge in [0.25, 0.3) is 0 Å². The monoisotopic (exact) mass is 605 g/mol. The SMILES string of the molecule is C=C(C)C(=O)[O-].CCCC[N+](CCCC)(CCCC)CCCC.CCCC[N+](CCCC)(CCCC)CCCC.[Cl-]. The first-order valence-corrected chi connectivity index (χ1v) is 17.7. The molecule has 0 N–H and O–H groups in total. The van der Waals surface area contributed by atoms with Crippen LogP contribution in [0.5, 0.6) is 0 Å². The first kappa shape index (κ1) is 47.4. The predicted octanol–water partition coefficient (Wildman–Crippen LogP) is 6.32. The molecule has 0 radical (unpaired) electrons. The van der Waals surface area contributed by atoms with E-state index in [2.05, 4.69) is 62.0 Å². The van der Waals surface area contributed by atoms with Crippen molar-refractivity contribution >= 4 is 5.97 Å². The third-order valence-electron chi connectivity index (χ3n) is 8.24. The molecule has 0 fully saturated rings. The zero-order valence-corrected chi connectivity index (χ0v) is 30.5. The summed E-state index contributed by atoms with van der Waals surface area (Å²) in [4.78, 5) is 9.49. The lowest BCUT2D eigenvalue weighted by Gasteiger charge is -2.39. The lowest BCUT2D eigenvalue weighted by Crippen LogP contribution is -3.00. The van der Waals surface area contributed by atoms with Crippen LogP contribution in [-0.2, 0) is 4.79 Å². The number of hydrogen-bond acceptors (Lipinski definition) is 2. The zero-order chi connectivity index (χ0) is 31.1. The highest BCUT2D eigenvalue weighted by molar-refractivity contribution is 5.82. The molecule has 0 atom stereocenters. The van der Waals surface area contributed by atoms with Crippen molar-refractivity contribution in [2.24, 2.45) is 0 Å². The molecule has 0 aliphatic heterocycles. The number of carboxylic acid groups (broad SMARTS) is 1. The van der Waals surface area contributed by atoms with E-state index in [-0.39, 0.29) is 18.0 Å². The molecule has 0 spiro atoms. The van der Waals surface area contributed by atoms with Gasteiger partial charge in [-0.2, -0.15) is 0 Å². The van der Waals surface area contributed by atoms with Crippen LogP contribution < -0.4 is 17.5 Å². The quantitative estimate of drug-likeness (QED) is 0.0903. The van der Waals surface area contributed by atoms with Gasteiger partial charge in [0, 0.05) is 0 Å². The summed E-state index contributed by atoms with van der Waals surface area (Å²) >= 11 is 0. The van der Waals surface area contributed by atoms with Gasteiger partial charge in [-0.15, -0.1) is 0 Å². The largest absolute Gasteiger partial charge is 1.00 e. The summed E-state index contributed by atoms with van der Waals surface area (Å²) < 4.78 is 2.84. The van der Waals surface area contributed by atoms with Crippen molar-refractivity contribution in [1.29, 1.82) is 0 Å². The standard InChI is InChI=1S/2C16H36N.C4H6O2.ClH/c2*1-5-9-13-17(14-10-6-2,15-11-7-3)16-12-8-4;1-3(2)4(5)6;/h2*5-16H2,1-4H3;1H2,2H3,(H,5,6);1H/q2*+1;;/p-2. The fraction of sp³-hybridized carbons (Fsp3) is 0.917. The van der Waals surface area contributed by atoms with E-state index in [4.69, 9.17) is 0 Å². The summed E-state index contributed by atoms with van der Waals surface area (Å²) in [5, 5.41) is 9.49.